The van der Waals surface area contributed by atoms with Gasteiger partial charge in [0.05, 0.1) is 7.11 Å². The summed E-state index contributed by atoms with van der Waals surface area (Å²) in [7, 11) is 1.32. The van der Waals surface area contributed by atoms with Crippen LogP contribution in [0.1, 0.15) is 23.0 Å². The second kappa shape index (κ2) is 6.76. The van der Waals surface area contributed by atoms with Crippen molar-refractivity contribution in [2.45, 2.75) is 13.3 Å². The molecule has 94 valence electrons. The zero-order valence-corrected chi connectivity index (χ0v) is 12.1. The molecule has 0 saturated heterocycles. The molecule has 0 radical (unpaired) electrons. The number of thiophene rings is 1. The number of halogens is 1. The maximum atomic E-state index is 12.2. The van der Waals surface area contributed by atoms with Crippen molar-refractivity contribution < 1.29 is 14.3 Å². The zero-order chi connectivity index (χ0) is 12.8. The zero-order valence-electron chi connectivity index (χ0n) is 9.73. The van der Waals surface area contributed by atoms with Crippen LogP contribution in [0.5, 0.6) is 0 Å². The molecule has 4 nitrogen and oxygen atoms in total. The fourth-order valence-corrected chi connectivity index (χ4v) is 2.84. The number of esters is 1. The Kier molecular flexibility index (Phi) is 5.64. The van der Waals surface area contributed by atoms with Gasteiger partial charge >= 0.3 is 5.97 Å². The van der Waals surface area contributed by atoms with E-state index in [-0.39, 0.29) is 12.5 Å². The average molecular weight is 320 g/mol. The first-order valence-electron chi connectivity index (χ1n) is 5.19. The monoisotopic (exact) mass is 319 g/mol. The van der Waals surface area contributed by atoms with Crippen molar-refractivity contribution >= 4 is 39.1 Å². The third-order valence-corrected chi connectivity index (χ3v) is 3.97. The first-order chi connectivity index (χ1) is 8.10. The number of carbonyl (C=O) groups excluding carboxylic acids is 2. The number of hydrogen-bond donors (Lipinski definition) is 0. The highest BCUT2D eigenvalue weighted by atomic mass is 79.9. The SMILES string of the molecule is CCCN(CC(=O)OC)C(=O)c1sccc1Br. The van der Waals surface area contributed by atoms with Crippen molar-refractivity contribution in [1.82, 2.24) is 4.90 Å². The van der Waals surface area contributed by atoms with Crippen molar-refractivity contribution in [1.29, 1.82) is 0 Å². The lowest BCUT2D eigenvalue weighted by Crippen LogP contribution is -2.36. The van der Waals surface area contributed by atoms with Crippen LogP contribution in [0.2, 0.25) is 0 Å². The third kappa shape index (κ3) is 3.81. The van der Waals surface area contributed by atoms with Crippen molar-refractivity contribution in [3.05, 3.63) is 20.8 Å². The molecule has 1 aromatic heterocycles. The Morgan fingerprint density at radius 2 is 2.24 bits per heavy atom. The minimum atomic E-state index is -0.403. The number of ether oxygens (including phenoxy) is 1. The van der Waals surface area contributed by atoms with Gasteiger partial charge in [-0.3, -0.25) is 9.59 Å². The maximum Gasteiger partial charge on any atom is 0.325 e. The molecular weight excluding hydrogens is 306 g/mol. The molecule has 0 aliphatic heterocycles. The van der Waals surface area contributed by atoms with Crippen LogP contribution in [0.15, 0.2) is 15.9 Å². The van der Waals surface area contributed by atoms with Crippen LogP contribution in [-0.4, -0.2) is 37.0 Å². The van der Waals surface area contributed by atoms with E-state index in [1.54, 1.807) is 0 Å². The molecule has 0 aliphatic rings. The number of methoxy groups -OCH3 is 1. The Labute approximate surface area is 113 Å². The number of amides is 1. The smallest absolute Gasteiger partial charge is 0.325 e. The molecule has 0 unspecified atom stereocenters. The van der Waals surface area contributed by atoms with E-state index in [1.165, 1.54) is 23.3 Å². The lowest BCUT2D eigenvalue weighted by molar-refractivity contribution is -0.141. The molecule has 0 bridgehead atoms. The molecule has 1 amide bonds. The summed E-state index contributed by atoms with van der Waals surface area (Å²) in [5.74, 6) is -0.543. The van der Waals surface area contributed by atoms with Gasteiger partial charge in [0.25, 0.3) is 5.91 Å². The Morgan fingerprint density at radius 1 is 1.53 bits per heavy atom. The van der Waals surface area contributed by atoms with E-state index in [2.05, 4.69) is 20.7 Å². The van der Waals surface area contributed by atoms with Crippen molar-refractivity contribution in [2.75, 3.05) is 20.2 Å². The lowest BCUT2D eigenvalue weighted by Gasteiger charge is -2.20. The van der Waals surface area contributed by atoms with Gasteiger partial charge in [0, 0.05) is 11.0 Å². The van der Waals surface area contributed by atoms with E-state index in [9.17, 15) is 9.59 Å². The minimum Gasteiger partial charge on any atom is -0.468 e. The number of hydrogen-bond acceptors (Lipinski definition) is 4. The van der Waals surface area contributed by atoms with Gasteiger partial charge in [-0.05, 0) is 33.8 Å². The van der Waals surface area contributed by atoms with Gasteiger partial charge in [0.2, 0.25) is 0 Å². The molecule has 1 rings (SSSR count). The molecule has 0 fully saturated rings. The summed E-state index contributed by atoms with van der Waals surface area (Å²) >= 11 is 4.67. The van der Waals surface area contributed by atoms with Gasteiger partial charge in [0.15, 0.2) is 0 Å². The molecule has 6 heteroatoms. The Hall–Kier alpha value is -0.880. The van der Waals surface area contributed by atoms with Gasteiger partial charge < -0.3 is 9.64 Å². The molecule has 0 spiro atoms. The van der Waals surface area contributed by atoms with Crippen LogP contribution in [-0.2, 0) is 9.53 Å². The molecular formula is C11H14BrNO3S. The van der Waals surface area contributed by atoms with Gasteiger partial charge in [-0.15, -0.1) is 11.3 Å². The highest BCUT2D eigenvalue weighted by molar-refractivity contribution is 9.10. The number of rotatable bonds is 5. The molecule has 0 saturated carbocycles. The second-order valence-electron chi connectivity index (χ2n) is 3.40. The van der Waals surface area contributed by atoms with Crippen LogP contribution in [0.25, 0.3) is 0 Å². The predicted molar refractivity (Wildman–Crippen MR) is 70.2 cm³/mol. The van der Waals surface area contributed by atoms with E-state index in [4.69, 9.17) is 0 Å². The summed E-state index contributed by atoms with van der Waals surface area (Å²) in [6.45, 7) is 2.49. The largest absolute Gasteiger partial charge is 0.468 e. The van der Waals surface area contributed by atoms with Crippen molar-refractivity contribution in [3.8, 4) is 0 Å². The lowest BCUT2D eigenvalue weighted by atomic mass is 10.3. The predicted octanol–water partition coefficient (Wildman–Crippen LogP) is 2.54. The van der Waals surface area contributed by atoms with Gasteiger partial charge in [-0.2, -0.15) is 0 Å². The van der Waals surface area contributed by atoms with Crippen molar-refractivity contribution in [2.24, 2.45) is 0 Å². The van der Waals surface area contributed by atoms with E-state index < -0.39 is 5.97 Å². The van der Waals surface area contributed by atoms with E-state index in [0.717, 1.165) is 10.9 Å². The first kappa shape index (κ1) is 14.2. The summed E-state index contributed by atoms with van der Waals surface area (Å²) in [6.07, 6.45) is 0.797. The third-order valence-electron chi connectivity index (χ3n) is 2.14. The Morgan fingerprint density at radius 3 is 2.71 bits per heavy atom. The van der Waals surface area contributed by atoms with Gasteiger partial charge in [-0.1, -0.05) is 6.92 Å². The first-order valence-corrected chi connectivity index (χ1v) is 6.86. The molecule has 0 N–H and O–H groups in total. The number of nitrogens with zero attached hydrogens (tertiary/aromatic N) is 1. The van der Waals surface area contributed by atoms with E-state index >= 15 is 0 Å². The highest BCUT2D eigenvalue weighted by Gasteiger charge is 2.21. The molecule has 0 aliphatic carbocycles. The van der Waals surface area contributed by atoms with Crippen LogP contribution in [0.4, 0.5) is 0 Å². The van der Waals surface area contributed by atoms with Gasteiger partial charge in [-0.25, -0.2) is 0 Å². The fraction of sp³-hybridized carbons (Fsp3) is 0.455. The molecule has 0 atom stereocenters. The standard InChI is InChI=1S/C11H14BrNO3S/c1-3-5-13(7-9(14)16-2)11(15)10-8(12)4-6-17-10/h4,6H,3,5,7H2,1-2H3. The van der Waals surface area contributed by atoms with E-state index in [0.29, 0.717) is 11.4 Å². The molecule has 0 aromatic carbocycles. The molecule has 17 heavy (non-hydrogen) atoms. The van der Waals surface area contributed by atoms with Crippen molar-refractivity contribution in [3.63, 3.8) is 0 Å². The highest BCUT2D eigenvalue weighted by Crippen LogP contribution is 2.24. The fourth-order valence-electron chi connectivity index (χ4n) is 1.33. The molecule has 1 heterocycles. The summed E-state index contributed by atoms with van der Waals surface area (Å²) in [5.41, 5.74) is 0. The summed E-state index contributed by atoms with van der Waals surface area (Å²) in [6, 6.07) is 1.82. The van der Waals surface area contributed by atoms with Gasteiger partial charge in [0.1, 0.15) is 11.4 Å². The number of carbonyl (C=O) groups is 2. The van der Waals surface area contributed by atoms with Crippen LogP contribution in [0.3, 0.4) is 0 Å². The quantitative estimate of drug-likeness (QED) is 0.783. The van der Waals surface area contributed by atoms with Crippen LogP contribution in [0, 0.1) is 0 Å². The Bertz CT molecular complexity index is 405. The topological polar surface area (TPSA) is 46.6 Å². The Balaban J connectivity index is 2.80. The summed E-state index contributed by atoms with van der Waals surface area (Å²) in [5, 5.41) is 1.83. The van der Waals surface area contributed by atoms with E-state index in [1.807, 2.05) is 18.4 Å². The van der Waals surface area contributed by atoms with Crippen LogP contribution < -0.4 is 0 Å². The van der Waals surface area contributed by atoms with Crippen LogP contribution >= 0.6 is 27.3 Å². The normalized spacial score (nSPS) is 10.1. The summed E-state index contributed by atoms with van der Waals surface area (Å²) < 4.78 is 5.35. The minimum absolute atomic E-state index is 0.00644. The maximum absolute atomic E-state index is 12.2. The average Bonchev–Trinajstić information content (AvgIpc) is 2.73. The molecule has 1 aromatic rings. The summed E-state index contributed by atoms with van der Waals surface area (Å²) in [4.78, 5) is 25.5. The second-order valence-corrected chi connectivity index (χ2v) is 5.17.